The summed E-state index contributed by atoms with van der Waals surface area (Å²) < 4.78 is 5.45. The Bertz CT molecular complexity index is 907. The summed E-state index contributed by atoms with van der Waals surface area (Å²) in [6.45, 7) is 2.51. The summed E-state index contributed by atoms with van der Waals surface area (Å²) in [7, 11) is 1.68. The number of likely N-dealkylation sites (N-methyl/N-ethyl adjacent to an activating group) is 1. The Morgan fingerprint density at radius 2 is 1.68 bits per heavy atom. The molecule has 0 aliphatic carbocycles. The molecule has 0 saturated heterocycles. The van der Waals surface area contributed by atoms with E-state index in [-0.39, 0.29) is 18.8 Å². The quantitative estimate of drug-likeness (QED) is 0.723. The van der Waals surface area contributed by atoms with Gasteiger partial charge < -0.3 is 14.7 Å². The molecule has 6 nitrogen and oxygen atoms in total. The second-order valence-electron chi connectivity index (χ2n) is 6.25. The minimum Gasteiger partial charge on any atom is -0.494 e. The van der Waals surface area contributed by atoms with Crippen LogP contribution in [-0.4, -0.2) is 48.6 Å². The highest BCUT2D eigenvalue weighted by Crippen LogP contribution is 2.35. The standard InChI is InChI=1S/C21H21ClN2O4/c1-3-28-17-10-4-14(5-11-17)18-19(23(2)12-13-25)21(27)24(20(18)26)16-8-6-15(22)7-9-16/h4-11,25H,3,12-13H2,1-2H3. The number of aliphatic hydroxyl groups excluding tert-OH is 1. The summed E-state index contributed by atoms with van der Waals surface area (Å²) in [6.07, 6.45) is 0. The van der Waals surface area contributed by atoms with Crippen LogP contribution < -0.4 is 9.64 Å². The van der Waals surface area contributed by atoms with E-state index in [0.29, 0.717) is 34.2 Å². The van der Waals surface area contributed by atoms with Crippen LogP contribution >= 0.6 is 11.6 Å². The van der Waals surface area contributed by atoms with E-state index in [2.05, 4.69) is 0 Å². The number of ether oxygens (including phenoxy) is 1. The van der Waals surface area contributed by atoms with Gasteiger partial charge in [0.25, 0.3) is 11.8 Å². The van der Waals surface area contributed by atoms with Crippen LogP contribution in [0.1, 0.15) is 12.5 Å². The fraction of sp³-hybridized carbons (Fsp3) is 0.238. The molecule has 7 heteroatoms. The van der Waals surface area contributed by atoms with E-state index < -0.39 is 11.8 Å². The maximum Gasteiger partial charge on any atom is 0.282 e. The van der Waals surface area contributed by atoms with Gasteiger partial charge in [0.1, 0.15) is 11.4 Å². The molecular weight excluding hydrogens is 380 g/mol. The van der Waals surface area contributed by atoms with Crippen molar-refractivity contribution in [3.63, 3.8) is 0 Å². The zero-order valence-corrected chi connectivity index (χ0v) is 16.4. The number of imide groups is 1. The van der Waals surface area contributed by atoms with Crippen molar-refractivity contribution in [2.45, 2.75) is 6.92 Å². The molecule has 0 unspecified atom stereocenters. The molecule has 1 heterocycles. The van der Waals surface area contributed by atoms with Crippen LogP contribution in [0.3, 0.4) is 0 Å². The summed E-state index contributed by atoms with van der Waals surface area (Å²) in [5.74, 6) is -0.174. The Morgan fingerprint density at radius 1 is 1.04 bits per heavy atom. The number of anilines is 1. The number of carbonyl (C=O) groups is 2. The Hall–Kier alpha value is -2.83. The van der Waals surface area contributed by atoms with Gasteiger partial charge in [0, 0.05) is 18.6 Å². The predicted molar refractivity (Wildman–Crippen MR) is 108 cm³/mol. The minimum atomic E-state index is -0.438. The second-order valence-corrected chi connectivity index (χ2v) is 6.68. The number of halogens is 1. The smallest absolute Gasteiger partial charge is 0.282 e. The Morgan fingerprint density at radius 3 is 2.25 bits per heavy atom. The normalized spacial score (nSPS) is 14.1. The Balaban J connectivity index is 2.06. The van der Waals surface area contributed by atoms with Crippen LogP contribution in [0.15, 0.2) is 54.2 Å². The zero-order valence-electron chi connectivity index (χ0n) is 15.7. The van der Waals surface area contributed by atoms with Crippen molar-refractivity contribution in [1.82, 2.24) is 4.90 Å². The summed E-state index contributed by atoms with van der Waals surface area (Å²) in [6, 6.07) is 13.5. The first-order valence-electron chi connectivity index (χ1n) is 8.91. The lowest BCUT2D eigenvalue weighted by Gasteiger charge is -2.20. The van der Waals surface area contributed by atoms with Gasteiger partial charge in [-0.3, -0.25) is 9.59 Å². The van der Waals surface area contributed by atoms with Gasteiger partial charge in [-0.25, -0.2) is 4.90 Å². The molecule has 28 heavy (non-hydrogen) atoms. The largest absolute Gasteiger partial charge is 0.494 e. The number of hydrogen-bond acceptors (Lipinski definition) is 5. The summed E-state index contributed by atoms with van der Waals surface area (Å²) in [5.41, 5.74) is 1.59. The first kappa shape index (κ1) is 19.9. The highest BCUT2D eigenvalue weighted by atomic mass is 35.5. The SMILES string of the molecule is CCOc1ccc(C2=C(N(C)CCO)C(=O)N(c3ccc(Cl)cc3)C2=O)cc1. The fourth-order valence-corrected chi connectivity index (χ4v) is 3.23. The highest BCUT2D eigenvalue weighted by Gasteiger charge is 2.41. The topological polar surface area (TPSA) is 70.1 Å². The van der Waals surface area contributed by atoms with E-state index in [1.807, 2.05) is 6.92 Å². The molecule has 3 rings (SSSR count). The van der Waals surface area contributed by atoms with Gasteiger partial charge in [0.2, 0.25) is 0 Å². The molecule has 0 bridgehead atoms. The molecule has 146 valence electrons. The molecule has 0 spiro atoms. The molecule has 0 radical (unpaired) electrons. The molecule has 2 amide bonds. The van der Waals surface area contributed by atoms with Crippen LogP contribution in [0.2, 0.25) is 5.02 Å². The molecule has 0 atom stereocenters. The number of carbonyl (C=O) groups excluding carboxylic acids is 2. The van der Waals surface area contributed by atoms with Gasteiger partial charge >= 0.3 is 0 Å². The molecule has 1 aliphatic rings. The van der Waals surface area contributed by atoms with Crippen LogP contribution in [0.5, 0.6) is 5.75 Å². The second kappa shape index (κ2) is 8.46. The number of amides is 2. The van der Waals surface area contributed by atoms with Gasteiger partial charge in [-0.1, -0.05) is 23.7 Å². The Kier molecular flexibility index (Phi) is 6.02. The van der Waals surface area contributed by atoms with Gasteiger partial charge in [-0.05, 0) is 48.9 Å². The molecule has 2 aromatic rings. The predicted octanol–water partition coefficient (Wildman–Crippen LogP) is 2.95. The van der Waals surface area contributed by atoms with Crippen molar-refractivity contribution in [1.29, 1.82) is 0 Å². The van der Waals surface area contributed by atoms with Gasteiger partial charge in [-0.2, -0.15) is 0 Å². The molecule has 2 aromatic carbocycles. The van der Waals surface area contributed by atoms with Gasteiger partial charge in [0.05, 0.1) is 24.5 Å². The van der Waals surface area contributed by atoms with Crippen LogP contribution in [0.25, 0.3) is 5.57 Å². The lowest BCUT2D eigenvalue weighted by molar-refractivity contribution is -0.120. The third kappa shape index (κ3) is 3.74. The number of nitrogens with zero attached hydrogens (tertiary/aromatic N) is 2. The fourth-order valence-electron chi connectivity index (χ4n) is 3.10. The maximum atomic E-state index is 13.2. The van der Waals surface area contributed by atoms with Crippen molar-refractivity contribution in [2.75, 3.05) is 31.7 Å². The van der Waals surface area contributed by atoms with Crippen LogP contribution in [0, 0.1) is 0 Å². The summed E-state index contributed by atoms with van der Waals surface area (Å²) in [5, 5.41) is 9.82. The molecule has 1 N–H and O–H groups in total. The summed E-state index contributed by atoms with van der Waals surface area (Å²) in [4.78, 5) is 29.1. The van der Waals surface area contributed by atoms with Gasteiger partial charge in [0.15, 0.2) is 0 Å². The third-order valence-corrected chi connectivity index (χ3v) is 4.67. The molecule has 0 aromatic heterocycles. The number of aliphatic hydroxyl groups is 1. The maximum absolute atomic E-state index is 13.2. The third-order valence-electron chi connectivity index (χ3n) is 4.42. The van der Waals surface area contributed by atoms with E-state index in [1.54, 1.807) is 60.5 Å². The van der Waals surface area contributed by atoms with Crippen LogP contribution in [-0.2, 0) is 9.59 Å². The van der Waals surface area contributed by atoms with E-state index >= 15 is 0 Å². The van der Waals surface area contributed by atoms with Crippen molar-refractivity contribution >= 4 is 34.7 Å². The van der Waals surface area contributed by atoms with Crippen molar-refractivity contribution in [3.8, 4) is 5.75 Å². The zero-order chi connectivity index (χ0) is 20.3. The van der Waals surface area contributed by atoms with E-state index in [1.165, 1.54) is 0 Å². The highest BCUT2D eigenvalue weighted by molar-refractivity contribution is 6.45. The van der Waals surface area contributed by atoms with E-state index in [0.717, 1.165) is 4.90 Å². The van der Waals surface area contributed by atoms with Crippen molar-refractivity contribution < 1.29 is 19.4 Å². The number of hydrogen-bond donors (Lipinski definition) is 1. The van der Waals surface area contributed by atoms with E-state index in [9.17, 15) is 14.7 Å². The van der Waals surface area contributed by atoms with Gasteiger partial charge in [-0.15, -0.1) is 0 Å². The Labute approximate surface area is 168 Å². The first-order chi connectivity index (χ1) is 13.5. The van der Waals surface area contributed by atoms with Crippen molar-refractivity contribution in [2.24, 2.45) is 0 Å². The molecule has 0 fully saturated rings. The molecular formula is C21H21ClN2O4. The monoisotopic (exact) mass is 400 g/mol. The molecule has 0 saturated carbocycles. The lowest BCUT2D eigenvalue weighted by Crippen LogP contribution is -2.34. The lowest BCUT2D eigenvalue weighted by atomic mass is 10.0. The van der Waals surface area contributed by atoms with Crippen LogP contribution in [0.4, 0.5) is 5.69 Å². The average Bonchev–Trinajstić information content (AvgIpc) is 2.94. The van der Waals surface area contributed by atoms with E-state index in [4.69, 9.17) is 16.3 Å². The number of benzene rings is 2. The average molecular weight is 401 g/mol. The van der Waals surface area contributed by atoms with Crippen molar-refractivity contribution in [3.05, 3.63) is 64.8 Å². The minimum absolute atomic E-state index is 0.140. The number of rotatable bonds is 7. The molecule has 1 aliphatic heterocycles. The summed E-state index contributed by atoms with van der Waals surface area (Å²) >= 11 is 5.93. The first-order valence-corrected chi connectivity index (χ1v) is 9.29.